The Morgan fingerprint density at radius 1 is 0.947 bits per heavy atom. The van der Waals surface area contributed by atoms with Gasteiger partial charge in [0.2, 0.25) is 0 Å². The second-order valence-corrected chi connectivity index (χ2v) is 5.07. The Morgan fingerprint density at radius 3 is 2.26 bits per heavy atom. The summed E-state index contributed by atoms with van der Waals surface area (Å²) in [6, 6.07) is 13.5. The molecule has 1 aliphatic carbocycles. The lowest BCUT2D eigenvalue weighted by Crippen LogP contribution is -2.19. The predicted molar refractivity (Wildman–Crippen MR) is 68.7 cm³/mol. The second kappa shape index (κ2) is 4.42. The summed E-state index contributed by atoms with van der Waals surface area (Å²) in [5, 5.41) is 10.5. The van der Waals surface area contributed by atoms with Crippen LogP contribution in [0.2, 0.25) is 0 Å². The van der Waals surface area contributed by atoms with E-state index in [0.29, 0.717) is 0 Å². The van der Waals surface area contributed by atoms with Crippen LogP contribution in [0.3, 0.4) is 0 Å². The normalized spacial score (nSPS) is 18.1. The molecule has 0 radical (unpaired) electrons. The first-order valence-electron chi connectivity index (χ1n) is 6.33. The topological polar surface area (TPSA) is 20.2 Å². The Hall–Kier alpha value is -1.74. The molecule has 1 saturated carbocycles. The van der Waals surface area contributed by atoms with Crippen molar-refractivity contribution >= 4 is 0 Å². The largest absolute Gasteiger partial charge is 0.387 e. The summed E-state index contributed by atoms with van der Waals surface area (Å²) in [5.41, 5.74) is 0.558. The van der Waals surface area contributed by atoms with Crippen molar-refractivity contribution in [2.24, 2.45) is 0 Å². The van der Waals surface area contributed by atoms with Gasteiger partial charge < -0.3 is 5.11 Å². The monoisotopic (exact) mass is 260 g/mol. The summed E-state index contributed by atoms with van der Waals surface area (Å²) >= 11 is 0. The number of aliphatic hydroxyl groups excluding tert-OH is 1. The van der Waals surface area contributed by atoms with Gasteiger partial charge in [-0.2, -0.15) is 0 Å². The van der Waals surface area contributed by atoms with Crippen molar-refractivity contribution in [3.05, 3.63) is 71.3 Å². The van der Waals surface area contributed by atoms with Crippen molar-refractivity contribution in [2.75, 3.05) is 0 Å². The van der Waals surface area contributed by atoms with Gasteiger partial charge in [-0.15, -0.1) is 0 Å². The fourth-order valence-electron chi connectivity index (χ4n) is 2.65. The van der Waals surface area contributed by atoms with Crippen molar-refractivity contribution in [1.29, 1.82) is 0 Å². The molecule has 1 aliphatic rings. The van der Waals surface area contributed by atoms with E-state index in [1.165, 1.54) is 12.1 Å². The lowest BCUT2D eigenvalue weighted by Gasteiger charge is -2.23. The Kier molecular flexibility index (Phi) is 2.86. The molecule has 3 rings (SSSR count). The molecule has 2 aromatic rings. The number of aliphatic hydroxyl groups is 1. The molecule has 1 fully saturated rings. The van der Waals surface area contributed by atoms with Gasteiger partial charge in [-0.05, 0) is 24.5 Å². The van der Waals surface area contributed by atoms with Gasteiger partial charge in [-0.25, -0.2) is 8.78 Å². The van der Waals surface area contributed by atoms with Crippen molar-refractivity contribution < 1.29 is 13.9 Å². The van der Waals surface area contributed by atoms with E-state index in [9.17, 15) is 13.9 Å². The maximum Gasteiger partial charge on any atom is 0.164 e. The van der Waals surface area contributed by atoms with Crippen LogP contribution in [0.25, 0.3) is 0 Å². The molecule has 1 atom stereocenters. The smallest absolute Gasteiger partial charge is 0.164 e. The minimum Gasteiger partial charge on any atom is -0.387 e. The lowest BCUT2D eigenvalue weighted by molar-refractivity contribution is 0.128. The molecule has 0 amide bonds. The van der Waals surface area contributed by atoms with Crippen molar-refractivity contribution in [3.8, 4) is 0 Å². The minimum atomic E-state index is -1.01. The average Bonchev–Trinajstić information content (AvgIpc) is 3.24. The first kappa shape index (κ1) is 12.3. The van der Waals surface area contributed by atoms with Gasteiger partial charge in [0, 0.05) is 11.0 Å². The molecule has 0 aromatic heterocycles. The first-order chi connectivity index (χ1) is 9.15. The van der Waals surface area contributed by atoms with Crippen LogP contribution in [-0.4, -0.2) is 5.11 Å². The van der Waals surface area contributed by atoms with Gasteiger partial charge in [-0.3, -0.25) is 0 Å². The van der Waals surface area contributed by atoms with Crippen molar-refractivity contribution in [2.45, 2.75) is 24.4 Å². The van der Waals surface area contributed by atoms with Crippen LogP contribution in [0.15, 0.2) is 48.5 Å². The summed E-state index contributed by atoms with van der Waals surface area (Å²) in [5.74, 6) is -1.86. The van der Waals surface area contributed by atoms with E-state index in [0.717, 1.165) is 24.5 Å². The van der Waals surface area contributed by atoms with Gasteiger partial charge in [0.25, 0.3) is 0 Å². The zero-order valence-electron chi connectivity index (χ0n) is 10.3. The fourth-order valence-corrected chi connectivity index (χ4v) is 2.65. The predicted octanol–water partition coefficient (Wildman–Crippen LogP) is 3.73. The highest BCUT2D eigenvalue weighted by Crippen LogP contribution is 2.56. The standard InChI is InChI=1S/C16H14F2O/c17-13-8-4-7-12(14(13)18)15(19)16(9-10-16)11-5-2-1-3-6-11/h1-8,15,19H,9-10H2. The average molecular weight is 260 g/mol. The Bertz CT molecular complexity index is 591. The van der Waals surface area contributed by atoms with Gasteiger partial charge in [0.1, 0.15) is 0 Å². The molecule has 0 heterocycles. The van der Waals surface area contributed by atoms with Crippen LogP contribution in [0.1, 0.15) is 30.1 Å². The Labute approximate surface area is 110 Å². The van der Waals surface area contributed by atoms with E-state index in [1.54, 1.807) is 0 Å². The van der Waals surface area contributed by atoms with Crippen molar-refractivity contribution in [1.82, 2.24) is 0 Å². The SMILES string of the molecule is OC(c1cccc(F)c1F)C1(c2ccccc2)CC1. The van der Waals surface area contributed by atoms with Crippen LogP contribution in [0.4, 0.5) is 8.78 Å². The third-order valence-corrected chi connectivity index (χ3v) is 3.94. The van der Waals surface area contributed by atoms with E-state index in [1.807, 2.05) is 30.3 Å². The van der Waals surface area contributed by atoms with Crippen LogP contribution >= 0.6 is 0 Å². The molecule has 1 unspecified atom stereocenters. The molecule has 98 valence electrons. The molecule has 0 saturated heterocycles. The summed E-state index contributed by atoms with van der Waals surface area (Å²) in [6.07, 6.45) is 0.563. The summed E-state index contributed by atoms with van der Waals surface area (Å²) in [6.45, 7) is 0. The molecule has 2 aromatic carbocycles. The molecular formula is C16H14F2O. The zero-order chi connectivity index (χ0) is 13.5. The molecule has 0 aliphatic heterocycles. The highest BCUT2D eigenvalue weighted by Gasteiger charge is 2.51. The highest BCUT2D eigenvalue weighted by atomic mass is 19.2. The molecule has 1 nitrogen and oxygen atoms in total. The first-order valence-corrected chi connectivity index (χ1v) is 6.33. The molecule has 0 spiro atoms. The van der Waals surface area contributed by atoms with Crippen LogP contribution < -0.4 is 0 Å². The fraction of sp³-hybridized carbons (Fsp3) is 0.250. The number of hydrogen-bond acceptors (Lipinski definition) is 1. The maximum atomic E-state index is 13.8. The number of halogens is 2. The van der Waals surface area contributed by atoms with Gasteiger partial charge in [-0.1, -0.05) is 42.5 Å². The zero-order valence-corrected chi connectivity index (χ0v) is 10.3. The van der Waals surface area contributed by atoms with Crippen molar-refractivity contribution in [3.63, 3.8) is 0 Å². The third-order valence-electron chi connectivity index (χ3n) is 3.94. The summed E-state index contributed by atoms with van der Waals surface area (Å²) in [4.78, 5) is 0. The third kappa shape index (κ3) is 1.94. The highest BCUT2D eigenvalue weighted by molar-refractivity contribution is 5.37. The van der Waals surface area contributed by atoms with E-state index in [4.69, 9.17) is 0 Å². The van der Waals surface area contributed by atoms with Gasteiger partial charge in [0.15, 0.2) is 11.6 Å². The molecule has 3 heteroatoms. The Morgan fingerprint density at radius 2 is 1.63 bits per heavy atom. The molecular weight excluding hydrogens is 246 g/mol. The molecule has 1 N–H and O–H groups in total. The Balaban J connectivity index is 2.01. The van der Waals surface area contributed by atoms with Crippen LogP contribution in [-0.2, 0) is 5.41 Å². The number of rotatable bonds is 3. The van der Waals surface area contributed by atoms with Gasteiger partial charge >= 0.3 is 0 Å². The molecule has 19 heavy (non-hydrogen) atoms. The van der Waals surface area contributed by atoms with E-state index in [2.05, 4.69) is 0 Å². The summed E-state index contributed by atoms with van der Waals surface area (Å²) < 4.78 is 27.1. The number of hydrogen-bond donors (Lipinski definition) is 1. The lowest BCUT2D eigenvalue weighted by atomic mass is 9.86. The van der Waals surface area contributed by atoms with E-state index < -0.39 is 23.2 Å². The number of benzene rings is 2. The maximum absolute atomic E-state index is 13.8. The summed E-state index contributed by atoms with van der Waals surface area (Å²) in [7, 11) is 0. The van der Waals surface area contributed by atoms with E-state index in [-0.39, 0.29) is 5.56 Å². The molecule has 0 bridgehead atoms. The van der Waals surface area contributed by atoms with Crippen LogP contribution in [0.5, 0.6) is 0 Å². The van der Waals surface area contributed by atoms with E-state index >= 15 is 0 Å². The van der Waals surface area contributed by atoms with Gasteiger partial charge in [0.05, 0.1) is 6.10 Å². The minimum absolute atomic E-state index is 0.0429. The quantitative estimate of drug-likeness (QED) is 0.891. The second-order valence-electron chi connectivity index (χ2n) is 5.07. The van der Waals surface area contributed by atoms with Crippen LogP contribution in [0, 0.1) is 11.6 Å².